The van der Waals surface area contributed by atoms with Crippen LogP contribution in [0, 0.1) is 5.92 Å². The lowest BCUT2D eigenvalue weighted by Gasteiger charge is -2.13. The molecule has 1 atom stereocenters. The molecule has 2 N–H and O–H groups in total. The summed E-state index contributed by atoms with van der Waals surface area (Å²) in [5.74, 6) is 0.742. The molecule has 0 amide bonds. The largest absolute Gasteiger partial charge is 0.389 e. The van der Waals surface area contributed by atoms with E-state index in [0.29, 0.717) is 18.2 Å². The molecule has 0 aliphatic heterocycles. The Morgan fingerprint density at radius 3 is 2.71 bits per heavy atom. The summed E-state index contributed by atoms with van der Waals surface area (Å²) in [6, 6.07) is 7.42. The molecular formula is C13H18ClNO2. The van der Waals surface area contributed by atoms with Crippen LogP contribution in [0.15, 0.2) is 24.3 Å². The van der Waals surface area contributed by atoms with Crippen LogP contribution in [-0.2, 0) is 4.74 Å². The number of benzene rings is 1. The highest BCUT2D eigenvalue weighted by Gasteiger charge is 2.21. The lowest BCUT2D eigenvalue weighted by molar-refractivity contribution is 0.0386. The minimum Gasteiger partial charge on any atom is -0.389 e. The standard InChI is InChI=1S/C13H18ClNO2/c14-11-3-5-12(6-4-11)15-7-13(16)9-17-8-10-1-2-10/h3-6,10,13,15-16H,1-2,7-9H2. The highest BCUT2D eigenvalue weighted by molar-refractivity contribution is 6.30. The lowest BCUT2D eigenvalue weighted by Crippen LogP contribution is -2.25. The monoisotopic (exact) mass is 255 g/mol. The first-order valence-electron chi connectivity index (χ1n) is 5.99. The molecule has 1 fully saturated rings. The molecule has 0 spiro atoms. The molecule has 1 aromatic rings. The Kier molecular flexibility index (Phi) is 4.66. The van der Waals surface area contributed by atoms with Crippen LogP contribution in [0.2, 0.25) is 5.02 Å². The van der Waals surface area contributed by atoms with E-state index in [9.17, 15) is 5.11 Å². The van der Waals surface area contributed by atoms with Crippen LogP contribution in [-0.4, -0.2) is 31.0 Å². The van der Waals surface area contributed by atoms with Crippen molar-refractivity contribution in [3.8, 4) is 0 Å². The normalized spacial score (nSPS) is 16.8. The molecule has 0 radical (unpaired) electrons. The number of aliphatic hydroxyl groups excluding tert-OH is 1. The molecule has 1 saturated carbocycles. The predicted molar refractivity (Wildman–Crippen MR) is 69.5 cm³/mol. The Hall–Kier alpha value is -0.770. The van der Waals surface area contributed by atoms with Crippen LogP contribution in [0.1, 0.15) is 12.8 Å². The van der Waals surface area contributed by atoms with E-state index in [1.165, 1.54) is 12.8 Å². The molecule has 1 aliphatic carbocycles. The van der Waals surface area contributed by atoms with Gasteiger partial charge in [-0.2, -0.15) is 0 Å². The third-order valence-electron chi connectivity index (χ3n) is 2.75. The number of hydrogen-bond acceptors (Lipinski definition) is 3. The number of anilines is 1. The Morgan fingerprint density at radius 1 is 1.35 bits per heavy atom. The summed E-state index contributed by atoms with van der Waals surface area (Å²) in [5.41, 5.74) is 0.954. The van der Waals surface area contributed by atoms with Gasteiger partial charge in [-0.3, -0.25) is 0 Å². The zero-order chi connectivity index (χ0) is 12.1. The first-order chi connectivity index (χ1) is 8.24. The topological polar surface area (TPSA) is 41.5 Å². The molecule has 0 bridgehead atoms. The summed E-state index contributed by atoms with van der Waals surface area (Å²) >= 11 is 5.78. The fourth-order valence-corrected chi connectivity index (χ4v) is 1.64. The molecule has 0 saturated heterocycles. The van der Waals surface area contributed by atoms with Crippen molar-refractivity contribution in [1.29, 1.82) is 0 Å². The van der Waals surface area contributed by atoms with E-state index < -0.39 is 6.10 Å². The number of halogens is 1. The molecule has 0 heterocycles. The Bertz CT molecular complexity index is 338. The number of rotatable bonds is 7. The van der Waals surface area contributed by atoms with Crippen LogP contribution < -0.4 is 5.32 Å². The van der Waals surface area contributed by atoms with Crippen LogP contribution in [0.5, 0.6) is 0 Å². The van der Waals surface area contributed by atoms with E-state index in [1.807, 2.05) is 24.3 Å². The molecular weight excluding hydrogens is 238 g/mol. The van der Waals surface area contributed by atoms with Gasteiger partial charge in [-0.05, 0) is 43.0 Å². The zero-order valence-corrected chi connectivity index (χ0v) is 10.5. The van der Waals surface area contributed by atoms with Crippen molar-refractivity contribution in [2.75, 3.05) is 25.1 Å². The molecule has 17 heavy (non-hydrogen) atoms. The first-order valence-corrected chi connectivity index (χ1v) is 6.37. The smallest absolute Gasteiger partial charge is 0.0945 e. The summed E-state index contributed by atoms with van der Waals surface area (Å²) in [5, 5.41) is 13.5. The maximum Gasteiger partial charge on any atom is 0.0945 e. The Morgan fingerprint density at radius 2 is 2.06 bits per heavy atom. The number of ether oxygens (including phenoxy) is 1. The van der Waals surface area contributed by atoms with E-state index >= 15 is 0 Å². The third-order valence-corrected chi connectivity index (χ3v) is 3.00. The van der Waals surface area contributed by atoms with Crippen molar-refractivity contribution in [1.82, 2.24) is 0 Å². The van der Waals surface area contributed by atoms with Crippen molar-refractivity contribution in [3.05, 3.63) is 29.3 Å². The molecule has 1 unspecified atom stereocenters. The van der Waals surface area contributed by atoms with Gasteiger partial charge in [0.25, 0.3) is 0 Å². The highest BCUT2D eigenvalue weighted by Crippen LogP contribution is 2.28. The van der Waals surface area contributed by atoms with E-state index in [0.717, 1.165) is 18.2 Å². The van der Waals surface area contributed by atoms with Crippen LogP contribution in [0.4, 0.5) is 5.69 Å². The van der Waals surface area contributed by atoms with Gasteiger partial charge in [-0.25, -0.2) is 0 Å². The van der Waals surface area contributed by atoms with Gasteiger partial charge >= 0.3 is 0 Å². The van der Waals surface area contributed by atoms with E-state index in [1.54, 1.807) is 0 Å². The molecule has 4 heteroatoms. The van der Waals surface area contributed by atoms with Gasteiger partial charge in [0.05, 0.1) is 12.7 Å². The summed E-state index contributed by atoms with van der Waals surface area (Å²) in [6.07, 6.45) is 2.09. The maximum atomic E-state index is 9.68. The van der Waals surface area contributed by atoms with E-state index in [-0.39, 0.29) is 0 Å². The van der Waals surface area contributed by atoms with E-state index in [2.05, 4.69) is 5.32 Å². The SMILES string of the molecule is OC(CNc1ccc(Cl)cc1)COCC1CC1. The number of aliphatic hydroxyl groups is 1. The van der Waals surface area contributed by atoms with Crippen LogP contribution in [0.25, 0.3) is 0 Å². The highest BCUT2D eigenvalue weighted by atomic mass is 35.5. The minimum absolute atomic E-state index is 0.400. The summed E-state index contributed by atoms with van der Waals surface area (Å²) in [6.45, 7) is 1.68. The average Bonchev–Trinajstić information content (AvgIpc) is 3.12. The van der Waals surface area contributed by atoms with Gasteiger partial charge in [0.1, 0.15) is 0 Å². The molecule has 1 aliphatic rings. The van der Waals surface area contributed by atoms with Crippen LogP contribution in [0.3, 0.4) is 0 Å². The molecule has 1 aromatic carbocycles. The fourth-order valence-electron chi connectivity index (χ4n) is 1.52. The molecule has 3 nitrogen and oxygen atoms in total. The van der Waals surface area contributed by atoms with Gasteiger partial charge in [0.2, 0.25) is 0 Å². The first kappa shape index (κ1) is 12.7. The molecule has 0 aromatic heterocycles. The number of hydrogen-bond donors (Lipinski definition) is 2. The lowest BCUT2D eigenvalue weighted by atomic mass is 10.3. The maximum absolute atomic E-state index is 9.68. The zero-order valence-electron chi connectivity index (χ0n) is 9.73. The van der Waals surface area contributed by atoms with Gasteiger partial charge in [-0.15, -0.1) is 0 Å². The van der Waals surface area contributed by atoms with Crippen molar-refractivity contribution in [2.24, 2.45) is 5.92 Å². The summed E-state index contributed by atoms with van der Waals surface area (Å²) in [7, 11) is 0. The Balaban J connectivity index is 1.60. The predicted octanol–water partition coefficient (Wildman–Crippen LogP) is 2.54. The Labute approximate surface area is 107 Å². The molecule has 2 rings (SSSR count). The minimum atomic E-state index is -0.468. The second-order valence-electron chi connectivity index (χ2n) is 4.52. The fraction of sp³-hybridized carbons (Fsp3) is 0.538. The van der Waals surface area contributed by atoms with Crippen molar-refractivity contribution in [3.63, 3.8) is 0 Å². The van der Waals surface area contributed by atoms with Crippen molar-refractivity contribution in [2.45, 2.75) is 18.9 Å². The average molecular weight is 256 g/mol. The third kappa shape index (κ3) is 4.94. The second-order valence-corrected chi connectivity index (χ2v) is 4.96. The summed E-state index contributed by atoms with van der Waals surface area (Å²) in [4.78, 5) is 0. The van der Waals surface area contributed by atoms with Gasteiger partial charge in [-0.1, -0.05) is 11.6 Å². The van der Waals surface area contributed by atoms with E-state index in [4.69, 9.17) is 16.3 Å². The summed E-state index contributed by atoms with van der Waals surface area (Å²) < 4.78 is 5.42. The van der Waals surface area contributed by atoms with Crippen LogP contribution >= 0.6 is 11.6 Å². The van der Waals surface area contributed by atoms with Crippen molar-refractivity contribution < 1.29 is 9.84 Å². The van der Waals surface area contributed by atoms with Gasteiger partial charge in [0, 0.05) is 23.9 Å². The quantitative estimate of drug-likeness (QED) is 0.787. The van der Waals surface area contributed by atoms with Gasteiger partial charge < -0.3 is 15.2 Å². The van der Waals surface area contributed by atoms with Crippen molar-refractivity contribution >= 4 is 17.3 Å². The molecule has 94 valence electrons. The second kappa shape index (κ2) is 6.24. The van der Waals surface area contributed by atoms with Gasteiger partial charge in [0.15, 0.2) is 0 Å². The number of nitrogens with one attached hydrogen (secondary N) is 1.